The van der Waals surface area contributed by atoms with Crippen LogP contribution in [0.1, 0.15) is 22.8 Å². The van der Waals surface area contributed by atoms with Gasteiger partial charge in [-0.15, -0.1) is 0 Å². The zero-order valence-electron chi connectivity index (χ0n) is 10.9. The average molecular weight is 250 g/mol. The number of aryl methyl sites for hydroxylation is 1. The van der Waals surface area contributed by atoms with Crippen molar-refractivity contribution in [2.75, 3.05) is 25.9 Å². The summed E-state index contributed by atoms with van der Waals surface area (Å²) in [6, 6.07) is 5.14. The fraction of sp³-hybridized carbons (Fsp3) is 0.385. The highest BCUT2D eigenvalue weighted by Crippen LogP contribution is 2.13. The van der Waals surface area contributed by atoms with Gasteiger partial charge in [-0.2, -0.15) is 0 Å². The molecule has 0 aliphatic heterocycles. The van der Waals surface area contributed by atoms with Gasteiger partial charge in [-0.3, -0.25) is 9.59 Å². The zero-order valence-corrected chi connectivity index (χ0v) is 10.9. The van der Waals surface area contributed by atoms with Gasteiger partial charge in [-0.25, -0.2) is 0 Å². The van der Waals surface area contributed by atoms with Gasteiger partial charge in [0.25, 0.3) is 5.91 Å². The first-order valence-corrected chi connectivity index (χ1v) is 5.71. The smallest absolute Gasteiger partial charge is 0.325 e. The molecule has 1 aromatic rings. The van der Waals surface area contributed by atoms with E-state index in [2.05, 4.69) is 4.74 Å². The van der Waals surface area contributed by atoms with Gasteiger partial charge in [0.05, 0.1) is 7.11 Å². The summed E-state index contributed by atoms with van der Waals surface area (Å²) in [5.74, 6) is -0.663. The van der Waals surface area contributed by atoms with Crippen LogP contribution in [0.25, 0.3) is 0 Å². The monoisotopic (exact) mass is 250 g/mol. The number of nitrogen functional groups attached to an aromatic ring is 1. The van der Waals surface area contributed by atoms with Crippen LogP contribution in [0.4, 0.5) is 5.69 Å². The molecule has 0 aliphatic carbocycles. The Hall–Kier alpha value is -2.04. The Kier molecular flexibility index (Phi) is 4.71. The van der Waals surface area contributed by atoms with Crippen molar-refractivity contribution in [3.63, 3.8) is 0 Å². The van der Waals surface area contributed by atoms with Crippen LogP contribution >= 0.6 is 0 Å². The molecule has 5 heteroatoms. The fourth-order valence-electron chi connectivity index (χ4n) is 1.67. The van der Waals surface area contributed by atoms with E-state index < -0.39 is 5.97 Å². The highest BCUT2D eigenvalue weighted by atomic mass is 16.5. The first-order chi connectivity index (χ1) is 8.47. The molecule has 0 unspecified atom stereocenters. The molecular weight excluding hydrogens is 232 g/mol. The first kappa shape index (κ1) is 14.0. The summed E-state index contributed by atoms with van der Waals surface area (Å²) >= 11 is 0. The largest absolute Gasteiger partial charge is 0.468 e. The van der Waals surface area contributed by atoms with Crippen LogP contribution in [0.2, 0.25) is 0 Å². The minimum Gasteiger partial charge on any atom is -0.468 e. The lowest BCUT2D eigenvalue weighted by molar-refractivity contribution is -0.141. The van der Waals surface area contributed by atoms with Gasteiger partial charge < -0.3 is 15.4 Å². The lowest BCUT2D eigenvalue weighted by Gasteiger charge is -2.19. The molecule has 0 bridgehead atoms. The molecule has 1 aromatic carbocycles. The standard InChI is InChI=1S/C13H18N2O3/c1-4-15(8-12(16)18-3)13(17)10-5-9(2)6-11(14)7-10/h5-7H,4,8,14H2,1-3H3. The summed E-state index contributed by atoms with van der Waals surface area (Å²) in [7, 11) is 1.30. The zero-order chi connectivity index (χ0) is 13.7. The maximum atomic E-state index is 12.2. The molecule has 0 aliphatic rings. The Bertz CT molecular complexity index is 437. The second-order valence-corrected chi connectivity index (χ2v) is 4.03. The lowest BCUT2D eigenvalue weighted by Crippen LogP contribution is -2.36. The van der Waals surface area contributed by atoms with Crippen molar-refractivity contribution in [2.45, 2.75) is 13.8 Å². The van der Waals surface area contributed by atoms with Crippen molar-refractivity contribution in [1.29, 1.82) is 0 Å². The van der Waals surface area contributed by atoms with Crippen LogP contribution in [0, 0.1) is 6.92 Å². The second-order valence-electron chi connectivity index (χ2n) is 4.03. The van der Waals surface area contributed by atoms with E-state index in [-0.39, 0.29) is 12.5 Å². The van der Waals surface area contributed by atoms with Crippen molar-refractivity contribution < 1.29 is 14.3 Å². The molecule has 98 valence electrons. The number of nitrogens with zero attached hydrogens (tertiary/aromatic N) is 1. The number of amides is 1. The van der Waals surface area contributed by atoms with Crippen molar-refractivity contribution >= 4 is 17.6 Å². The number of anilines is 1. The number of hydrogen-bond acceptors (Lipinski definition) is 4. The van der Waals surface area contributed by atoms with Crippen molar-refractivity contribution in [3.8, 4) is 0 Å². The van der Waals surface area contributed by atoms with E-state index in [0.29, 0.717) is 17.8 Å². The van der Waals surface area contributed by atoms with Crippen molar-refractivity contribution in [3.05, 3.63) is 29.3 Å². The topological polar surface area (TPSA) is 72.6 Å². The molecule has 0 spiro atoms. The average Bonchev–Trinajstić information content (AvgIpc) is 2.33. The van der Waals surface area contributed by atoms with Crippen molar-refractivity contribution in [2.24, 2.45) is 0 Å². The normalized spacial score (nSPS) is 9.94. The Balaban J connectivity index is 2.92. The molecule has 0 radical (unpaired) electrons. The summed E-state index contributed by atoms with van der Waals surface area (Å²) < 4.78 is 4.56. The SMILES string of the molecule is CCN(CC(=O)OC)C(=O)c1cc(C)cc(N)c1. The van der Waals surface area contributed by atoms with Crippen LogP contribution in [0.5, 0.6) is 0 Å². The number of methoxy groups -OCH3 is 1. The summed E-state index contributed by atoms with van der Waals surface area (Å²) in [5.41, 5.74) is 7.63. The van der Waals surface area contributed by atoms with E-state index in [4.69, 9.17) is 5.73 Å². The minimum absolute atomic E-state index is 0.0559. The molecule has 0 fully saturated rings. The number of carbonyl (C=O) groups excluding carboxylic acids is 2. The maximum Gasteiger partial charge on any atom is 0.325 e. The molecule has 0 aromatic heterocycles. The van der Waals surface area contributed by atoms with Crippen LogP contribution in [-0.4, -0.2) is 37.0 Å². The van der Waals surface area contributed by atoms with Gasteiger partial charge in [-0.05, 0) is 37.6 Å². The number of rotatable bonds is 4. The van der Waals surface area contributed by atoms with E-state index in [9.17, 15) is 9.59 Å². The number of ether oxygens (including phenoxy) is 1. The number of nitrogens with two attached hydrogens (primary N) is 1. The molecule has 2 N–H and O–H groups in total. The Morgan fingerprint density at radius 1 is 1.33 bits per heavy atom. The number of carbonyl (C=O) groups is 2. The molecule has 0 atom stereocenters. The highest BCUT2D eigenvalue weighted by molar-refractivity contribution is 5.96. The quantitative estimate of drug-likeness (QED) is 0.644. The second kappa shape index (κ2) is 6.05. The lowest BCUT2D eigenvalue weighted by atomic mass is 10.1. The third kappa shape index (κ3) is 3.48. The predicted octanol–water partition coefficient (Wildman–Crippen LogP) is 1.21. The molecular formula is C13H18N2O3. The van der Waals surface area contributed by atoms with Gasteiger partial charge in [0.2, 0.25) is 0 Å². The number of benzene rings is 1. The van der Waals surface area contributed by atoms with E-state index in [1.807, 2.05) is 6.92 Å². The Morgan fingerprint density at radius 2 is 2.00 bits per heavy atom. The Morgan fingerprint density at radius 3 is 2.50 bits per heavy atom. The number of esters is 1. The molecule has 5 nitrogen and oxygen atoms in total. The number of hydrogen-bond donors (Lipinski definition) is 1. The van der Waals surface area contributed by atoms with Gasteiger partial charge in [0.15, 0.2) is 0 Å². The predicted molar refractivity (Wildman–Crippen MR) is 69.2 cm³/mol. The van der Waals surface area contributed by atoms with Gasteiger partial charge in [0.1, 0.15) is 6.54 Å². The minimum atomic E-state index is -0.439. The molecule has 1 amide bonds. The third-order valence-electron chi connectivity index (χ3n) is 2.56. The first-order valence-electron chi connectivity index (χ1n) is 5.71. The summed E-state index contributed by atoms with van der Waals surface area (Å²) in [5, 5.41) is 0. The summed E-state index contributed by atoms with van der Waals surface area (Å²) in [6.45, 7) is 4.05. The van der Waals surface area contributed by atoms with Crippen molar-refractivity contribution in [1.82, 2.24) is 4.90 Å². The van der Waals surface area contributed by atoms with Gasteiger partial charge >= 0.3 is 5.97 Å². The Labute approximate surface area is 107 Å². The fourth-order valence-corrected chi connectivity index (χ4v) is 1.67. The van der Waals surface area contributed by atoms with Crippen LogP contribution in [-0.2, 0) is 9.53 Å². The molecule has 0 saturated heterocycles. The van der Waals surface area contributed by atoms with Gasteiger partial charge in [0, 0.05) is 17.8 Å². The molecule has 0 saturated carbocycles. The van der Waals surface area contributed by atoms with Crippen LogP contribution in [0.3, 0.4) is 0 Å². The van der Waals surface area contributed by atoms with E-state index in [1.54, 1.807) is 25.1 Å². The summed E-state index contributed by atoms with van der Waals surface area (Å²) in [4.78, 5) is 24.8. The van der Waals surface area contributed by atoms with E-state index in [1.165, 1.54) is 12.0 Å². The van der Waals surface area contributed by atoms with E-state index in [0.717, 1.165) is 5.56 Å². The molecule has 18 heavy (non-hydrogen) atoms. The maximum absolute atomic E-state index is 12.2. The number of likely N-dealkylation sites (N-methyl/N-ethyl adjacent to an activating group) is 1. The molecule has 0 heterocycles. The third-order valence-corrected chi connectivity index (χ3v) is 2.56. The summed E-state index contributed by atoms with van der Waals surface area (Å²) in [6.07, 6.45) is 0. The van der Waals surface area contributed by atoms with Crippen LogP contribution < -0.4 is 5.73 Å². The highest BCUT2D eigenvalue weighted by Gasteiger charge is 2.18. The molecule has 1 rings (SSSR count). The van der Waals surface area contributed by atoms with Crippen LogP contribution in [0.15, 0.2) is 18.2 Å². The van der Waals surface area contributed by atoms with E-state index >= 15 is 0 Å². The van der Waals surface area contributed by atoms with Gasteiger partial charge in [-0.1, -0.05) is 0 Å².